The molecule has 0 saturated carbocycles. The predicted octanol–water partition coefficient (Wildman–Crippen LogP) is 4.16. The van der Waals surface area contributed by atoms with Gasteiger partial charge >= 0.3 is 0 Å². The molecule has 2 aromatic rings. The van der Waals surface area contributed by atoms with Crippen molar-refractivity contribution in [3.05, 3.63) is 69.0 Å². The molecule has 0 spiro atoms. The number of nitrogens with zero attached hydrogens (tertiary/aromatic N) is 2. The van der Waals surface area contributed by atoms with Crippen LogP contribution in [0.25, 0.3) is 0 Å². The highest BCUT2D eigenvalue weighted by atomic mass is 35.5. The first-order valence-electron chi connectivity index (χ1n) is 7.39. The van der Waals surface area contributed by atoms with Gasteiger partial charge in [0.15, 0.2) is 4.90 Å². The van der Waals surface area contributed by atoms with E-state index in [1.54, 1.807) is 13.8 Å². The first-order valence-corrected chi connectivity index (χ1v) is 9.21. The van der Waals surface area contributed by atoms with E-state index in [-0.39, 0.29) is 11.6 Å². The molecule has 0 aliphatic carbocycles. The Labute approximate surface area is 150 Å². The molecule has 9 heteroatoms. The van der Waals surface area contributed by atoms with Crippen LogP contribution in [0.1, 0.15) is 25.5 Å². The molecule has 2 aromatic carbocycles. The Morgan fingerprint density at radius 3 is 2.36 bits per heavy atom. The lowest BCUT2D eigenvalue weighted by Crippen LogP contribution is -2.33. The fourth-order valence-corrected chi connectivity index (χ4v) is 4.47. The maximum Gasteiger partial charge on any atom is 0.290 e. The second-order valence-electron chi connectivity index (χ2n) is 5.31. The molecule has 0 N–H and O–H groups in total. The van der Waals surface area contributed by atoms with Crippen LogP contribution in [0.2, 0.25) is 5.02 Å². The quantitative estimate of drug-likeness (QED) is 0.551. The molecule has 0 heterocycles. The van der Waals surface area contributed by atoms with E-state index in [2.05, 4.69) is 0 Å². The van der Waals surface area contributed by atoms with E-state index < -0.39 is 37.4 Å². The molecule has 0 bridgehead atoms. The predicted molar refractivity (Wildman–Crippen MR) is 92.5 cm³/mol. The zero-order valence-electron chi connectivity index (χ0n) is 13.5. The molecule has 0 fully saturated rings. The fourth-order valence-electron chi connectivity index (χ4n) is 2.54. The third-order valence-electron chi connectivity index (χ3n) is 3.80. The van der Waals surface area contributed by atoms with Crippen molar-refractivity contribution < 1.29 is 17.7 Å². The smallest absolute Gasteiger partial charge is 0.258 e. The number of sulfonamides is 1. The van der Waals surface area contributed by atoms with Crippen LogP contribution in [0.3, 0.4) is 0 Å². The number of halogens is 2. The van der Waals surface area contributed by atoms with E-state index in [1.807, 2.05) is 0 Å². The van der Waals surface area contributed by atoms with Crippen LogP contribution in [0.5, 0.6) is 0 Å². The number of hydrogen-bond acceptors (Lipinski definition) is 4. The maximum atomic E-state index is 13.1. The van der Waals surface area contributed by atoms with Gasteiger partial charge in [0, 0.05) is 23.7 Å². The number of benzene rings is 2. The summed E-state index contributed by atoms with van der Waals surface area (Å²) in [6, 6.07) is 8.21. The highest BCUT2D eigenvalue weighted by molar-refractivity contribution is 7.89. The van der Waals surface area contributed by atoms with Crippen LogP contribution < -0.4 is 0 Å². The van der Waals surface area contributed by atoms with Crippen molar-refractivity contribution in [1.29, 1.82) is 0 Å². The molecular formula is C16H16ClFN2O4S. The number of rotatable bonds is 6. The third kappa shape index (κ3) is 3.97. The van der Waals surface area contributed by atoms with Gasteiger partial charge in [0.25, 0.3) is 5.69 Å². The van der Waals surface area contributed by atoms with E-state index in [1.165, 1.54) is 30.3 Å². The van der Waals surface area contributed by atoms with E-state index in [0.717, 1.165) is 16.4 Å². The summed E-state index contributed by atoms with van der Waals surface area (Å²) >= 11 is 5.75. The maximum absolute atomic E-state index is 13.1. The van der Waals surface area contributed by atoms with Crippen molar-refractivity contribution in [2.75, 3.05) is 6.54 Å². The van der Waals surface area contributed by atoms with Gasteiger partial charge in [0.2, 0.25) is 10.0 Å². The Kier molecular flexibility index (Phi) is 5.76. The number of hydrogen-bond donors (Lipinski definition) is 0. The molecule has 2 rings (SSSR count). The molecule has 1 atom stereocenters. The molecule has 134 valence electrons. The summed E-state index contributed by atoms with van der Waals surface area (Å²) in [7, 11) is -4.16. The summed E-state index contributed by atoms with van der Waals surface area (Å²) < 4.78 is 40.2. The van der Waals surface area contributed by atoms with Crippen molar-refractivity contribution in [1.82, 2.24) is 4.31 Å². The van der Waals surface area contributed by atoms with Crippen molar-refractivity contribution in [3.8, 4) is 0 Å². The Morgan fingerprint density at radius 1 is 1.24 bits per heavy atom. The van der Waals surface area contributed by atoms with Crippen LogP contribution in [0.15, 0.2) is 47.4 Å². The lowest BCUT2D eigenvalue weighted by Gasteiger charge is -2.27. The highest BCUT2D eigenvalue weighted by Crippen LogP contribution is 2.33. The Morgan fingerprint density at radius 2 is 1.84 bits per heavy atom. The largest absolute Gasteiger partial charge is 0.290 e. The molecule has 6 nitrogen and oxygen atoms in total. The SMILES string of the molecule is CCN(C(C)c1ccc(F)cc1)S(=O)(=O)c1ccc(Cl)cc1[N+](=O)[O-]. The van der Waals surface area contributed by atoms with Crippen LogP contribution in [-0.4, -0.2) is 24.2 Å². The Hall–Kier alpha value is -2.03. The Balaban J connectivity index is 2.52. The summed E-state index contributed by atoms with van der Waals surface area (Å²) in [4.78, 5) is 10.0. The van der Waals surface area contributed by atoms with Crippen LogP contribution in [-0.2, 0) is 10.0 Å². The molecular weight excluding hydrogens is 371 g/mol. The van der Waals surface area contributed by atoms with Crippen LogP contribution in [0, 0.1) is 15.9 Å². The fraction of sp³-hybridized carbons (Fsp3) is 0.250. The molecule has 0 aliphatic heterocycles. The molecule has 0 amide bonds. The minimum Gasteiger partial charge on any atom is -0.258 e. The van der Waals surface area contributed by atoms with Crippen molar-refractivity contribution >= 4 is 27.3 Å². The number of nitro groups is 1. The molecule has 0 aliphatic rings. The second kappa shape index (κ2) is 7.47. The van der Waals surface area contributed by atoms with Gasteiger partial charge in [-0.05, 0) is 36.8 Å². The van der Waals surface area contributed by atoms with E-state index in [9.17, 15) is 22.9 Å². The normalized spacial score (nSPS) is 13.0. The average molecular weight is 387 g/mol. The molecule has 0 aromatic heterocycles. The average Bonchev–Trinajstić information content (AvgIpc) is 2.55. The minimum absolute atomic E-state index is 0.0697. The van der Waals surface area contributed by atoms with Crippen LogP contribution >= 0.6 is 11.6 Å². The summed E-state index contributed by atoms with van der Waals surface area (Å²) in [5.41, 5.74) is -0.0132. The lowest BCUT2D eigenvalue weighted by atomic mass is 10.1. The van der Waals surface area contributed by atoms with E-state index >= 15 is 0 Å². The topological polar surface area (TPSA) is 80.5 Å². The lowest BCUT2D eigenvalue weighted by molar-refractivity contribution is -0.387. The van der Waals surface area contributed by atoms with Crippen molar-refractivity contribution in [2.45, 2.75) is 24.8 Å². The first kappa shape index (κ1) is 19.3. The molecule has 0 saturated heterocycles. The standard InChI is InChI=1S/C16H16ClFN2O4S/c1-3-19(11(2)12-4-7-14(18)8-5-12)25(23,24)16-9-6-13(17)10-15(16)20(21)22/h4-11H,3H2,1-2H3. The van der Waals surface area contributed by atoms with Gasteiger partial charge in [-0.1, -0.05) is 30.7 Å². The first-order chi connectivity index (χ1) is 11.7. The third-order valence-corrected chi connectivity index (χ3v) is 6.13. The van der Waals surface area contributed by atoms with Gasteiger partial charge in [-0.15, -0.1) is 0 Å². The second-order valence-corrected chi connectivity index (χ2v) is 7.60. The zero-order chi connectivity index (χ0) is 18.8. The Bertz CT molecular complexity index is 888. The van der Waals surface area contributed by atoms with Crippen LogP contribution in [0.4, 0.5) is 10.1 Å². The van der Waals surface area contributed by atoms with Gasteiger partial charge in [-0.25, -0.2) is 12.8 Å². The molecule has 0 radical (unpaired) electrons. The monoisotopic (exact) mass is 386 g/mol. The summed E-state index contributed by atoms with van der Waals surface area (Å²) in [5, 5.41) is 11.3. The zero-order valence-corrected chi connectivity index (χ0v) is 15.1. The van der Waals surface area contributed by atoms with Gasteiger partial charge in [0.05, 0.1) is 4.92 Å². The summed E-state index contributed by atoms with van der Waals surface area (Å²) in [6.45, 7) is 3.34. The van der Waals surface area contributed by atoms with E-state index in [4.69, 9.17) is 11.6 Å². The molecule has 1 unspecified atom stereocenters. The van der Waals surface area contributed by atoms with Gasteiger partial charge in [0.1, 0.15) is 5.82 Å². The van der Waals surface area contributed by atoms with Gasteiger partial charge < -0.3 is 0 Å². The number of nitro benzene ring substituents is 1. The van der Waals surface area contributed by atoms with Gasteiger partial charge in [-0.3, -0.25) is 10.1 Å². The van der Waals surface area contributed by atoms with Crippen molar-refractivity contribution in [3.63, 3.8) is 0 Å². The van der Waals surface area contributed by atoms with Gasteiger partial charge in [-0.2, -0.15) is 4.31 Å². The summed E-state index contributed by atoms with van der Waals surface area (Å²) in [6.07, 6.45) is 0. The van der Waals surface area contributed by atoms with Crippen molar-refractivity contribution in [2.24, 2.45) is 0 Å². The molecule has 25 heavy (non-hydrogen) atoms. The minimum atomic E-state index is -4.16. The van der Waals surface area contributed by atoms with E-state index in [0.29, 0.717) is 5.56 Å². The summed E-state index contributed by atoms with van der Waals surface area (Å²) in [5.74, 6) is -0.435. The highest BCUT2D eigenvalue weighted by Gasteiger charge is 2.34.